The van der Waals surface area contributed by atoms with Gasteiger partial charge >= 0.3 is 0 Å². The summed E-state index contributed by atoms with van der Waals surface area (Å²) < 4.78 is 21.0. The largest absolute Gasteiger partial charge is 0.375 e. The highest BCUT2D eigenvalue weighted by Crippen LogP contribution is 2.28. The Morgan fingerprint density at radius 3 is 2.45 bits per heavy atom. The highest BCUT2D eigenvalue weighted by Gasteiger charge is 2.27. The second kappa shape index (κ2) is 9.09. The van der Waals surface area contributed by atoms with Gasteiger partial charge in [0, 0.05) is 25.2 Å². The van der Waals surface area contributed by atoms with Crippen molar-refractivity contribution in [3.8, 4) is 0 Å². The first-order valence-corrected chi connectivity index (χ1v) is 10.6. The van der Waals surface area contributed by atoms with Gasteiger partial charge in [0.2, 0.25) is 11.8 Å². The fourth-order valence-corrected chi connectivity index (χ4v) is 4.32. The van der Waals surface area contributed by atoms with Gasteiger partial charge in [-0.2, -0.15) is 0 Å². The van der Waals surface area contributed by atoms with E-state index in [2.05, 4.69) is 20.9 Å². The smallest absolute Gasteiger partial charge is 0.249 e. The van der Waals surface area contributed by atoms with E-state index in [1.54, 1.807) is 12.1 Å². The molecule has 1 atom stereocenters. The number of carbonyl (C=O) groups excluding carboxylic acids is 2. The predicted molar refractivity (Wildman–Crippen MR) is 108 cm³/mol. The molecule has 1 unspecified atom stereocenters. The Morgan fingerprint density at radius 2 is 1.76 bits per heavy atom. The van der Waals surface area contributed by atoms with Gasteiger partial charge in [-0.05, 0) is 63.4 Å². The van der Waals surface area contributed by atoms with Crippen molar-refractivity contribution in [1.29, 1.82) is 0 Å². The summed E-state index contributed by atoms with van der Waals surface area (Å²) in [5, 5.41) is 8.68. The maximum Gasteiger partial charge on any atom is 0.249 e. The first kappa shape index (κ1) is 20.1. The highest BCUT2D eigenvalue weighted by atomic mass is 19.1. The van der Waals surface area contributed by atoms with Crippen molar-refractivity contribution in [2.75, 3.05) is 36.4 Å². The van der Waals surface area contributed by atoms with E-state index >= 15 is 0 Å². The van der Waals surface area contributed by atoms with Crippen LogP contribution in [0.4, 0.5) is 15.8 Å². The van der Waals surface area contributed by atoms with Crippen molar-refractivity contribution < 1.29 is 18.7 Å². The molecule has 3 saturated heterocycles. The quantitative estimate of drug-likeness (QED) is 0.649. The lowest BCUT2D eigenvalue weighted by atomic mass is 10.0. The maximum absolute atomic E-state index is 14.7. The molecule has 4 rings (SSSR count). The summed E-state index contributed by atoms with van der Waals surface area (Å²) >= 11 is 0. The number of amides is 2. The molecule has 29 heavy (non-hydrogen) atoms. The molecule has 3 fully saturated rings. The summed E-state index contributed by atoms with van der Waals surface area (Å²) in [6.07, 6.45) is 5.25. The van der Waals surface area contributed by atoms with Gasteiger partial charge in [0.05, 0.1) is 17.9 Å². The maximum atomic E-state index is 14.7. The Labute approximate surface area is 170 Å². The molecule has 158 valence electrons. The van der Waals surface area contributed by atoms with Crippen LogP contribution in [0.2, 0.25) is 0 Å². The lowest BCUT2D eigenvalue weighted by molar-refractivity contribution is -0.133. The number of imide groups is 1. The molecule has 3 aliphatic heterocycles. The molecule has 0 aromatic heterocycles. The number of hydrogen-bond acceptors (Lipinski definition) is 6. The standard InChI is InChI=1S/C21H29FN4O3/c22-17-13-14(24-18-2-4-20(27)25-21(18)28)1-3-19(17)26-11-7-16(8-12-26)29-15-5-9-23-10-6-15/h1,3,13,15-16,18,23-24H,2,4-12H2,(H,25,27,28). The molecule has 1 aromatic carbocycles. The minimum Gasteiger partial charge on any atom is -0.375 e. The average Bonchev–Trinajstić information content (AvgIpc) is 2.72. The number of nitrogens with zero attached hydrogens (tertiary/aromatic N) is 1. The number of halogens is 1. The lowest BCUT2D eigenvalue weighted by Gasteiger charge is -2.36. The molecule has 0 saturated carbocycles. The third kappa shape index (κ3) is 5.05. The topological polar surface area (TPSA) is 82.7 Å². The van der Waals surface area contributed by atoms with Crippen molar-refractivity contribution in [3.63, 3.8) is 0 Å². The molecule has 3 heterocycles. The molecule has 8 heteroatoms. The van der Waals surface area contributed by atoms with Crippen LogP contribution in [-0.2, 0) is 14.3 Å². The molecule has 0 aliphatic carbocycles. The van der Waals surface area contributed by atoms with Crippen LogP contribution in [0.15, 0.2) is 18.2 Å². The summed E-state index contributed by atoms with van der Waals surface area (Å²) in [6, 6.07) is 4.47. The summed E-state index contributed by atoms with van der Waals surface area (Å²) in [6.45, 7) is 3.58. The molecule has 2 amide bonds. The fraction of sp³-hybridized carbons (Fsp3) is 0.619. The van der Waals surface area contributed by atoms with E-state index < -0.39 is 6.04 Å². The van der Waals surface area contributed by atoms with Crippen LogP contribution < -0.4 is 20.9 Å². The van der Waals surface area contributed by atoms with Gasteiger partial charge < -0.3 is 20.3 Å². The van der Waals surface area contributed by atoms with Crippen molar-refractivity contribution in [2.45, 2.75) is 56.8 Å². The number of piperidine rings is 3. The second-order valence-electron chi connectivity index (χ2n) is 8.09. The van der Waals surface area contributed by atoms with Crippen LogP contribution in [0, 0.1) is 5.82 Å². The van der Waals surface area contributed by atoms with Crippen molar-refractivity contribution in [3.05, 3.63) is 24.0 Å². The van der Waals surface area contributed by atoms with Crippen LogP contribution in [0.5, 0.6) is 0 Å². The van der Waals surface area contributed by atoms with Crippen molar-refractivity contribution >= 4 is 23.2 Å². The molecule has 3 N–H and O–H groups in total. The van der Waals surface area contributed by atoms with Crippen LogP contribution in [0.1, 0.15) is 38.5 Å². The van der Waals surface area contributed by atoms with Crippen LogP contribution in [0.25, 0.3) is 0 Å². The third-order valence-corrected chi connectivity index (χ3v) is 5.98. The number of anilines is 2. The number of benzene rings is 1. The second-order valence-corrected chi connectivity index (χ2v) is 8.09. The number of ether oxygens (including phenoxy) is 1. The zero-order chi connectivity index (χ0) is 20.2. The molecule has 0 bridgehead atoms. The average molecular weight is 404 g/mol. The Bertz CT molecular complexity index is 745. The van der Waals surface area contributed by atoms with Gasteiger partial charge in [0.1, 0.15) is 11.9 Å². The SMILES string of the molecule is O=C1CCC(Nc2ccc(N3CCC(OC4CCNCC4)CC3)c(F)c2)C(=O)N1. The molecular formula is C21H29FN4O3. The van der Waals surface area contributed by atoms with Gasteiger partial charge in [0.25, 0.3) is 0 Å². The molecule has 7 nitrogen and oxygen atoms in total. The summed E-state index contributed by atoms with van der Waals surface area (Å²) in [5.41, 5.74) is 1.13. The first-order valence-electron chi connectivity index (χ1n) is 10.6. The third-order valence-electron chi connectivity index (χ3n) is 5.98. The van der Waals surface area contributed by atoms with Gasteiger partial charge in [-0.1, -0.05) is 0 Å². The number of hydrogen-bond donors (Lipinski definition) is 3. The molecule has 3 aliphatic rings. The van der Waals surface area contributed by atoms with Crippen LogP contribution >= 0.6 is 0 Å². The lowest BCUT2D eigenvalue weighted by Crippen LogP contribution is -2.47. The molecule has 0 spiro atoms. The summed E-state index contributed by atoms with van der Waals surface area (Å²) in [4.78, 5) is 25.2. The normalized spacial score (nSPS) is 24.4. The van der Waals surface area contributed by atoms with E-state index in [0.29, 0.717) is 30.3 Å². The van der Waals surface area contributed by atoms with Crippen LogP contribution in [0.3, 0.4) is 0 Å². The summed E-state index contributed by atoms with van der Waals surface area (Å²) in [5.74, 6) is -0.927. The van der Waals surface area contributed by atoms with Gasteiger partial charge in [-0.25, -0.2) is 4.39 Å². The Hall–Kier alpha value is -2.19. The molecule has 1 aromatic rings. The van der Waals surface area contributed by atoms with E-state index in [-0.39, 0.29) is 23.7 Å². The van der Waals surface area contributed by atoms with Gasteiger partial charge in [-0.3, -0.25) is 14.9 Å². The minimum absolute atomic E-state index is 0.255. The Morgan fingerprint density at radius 1 is 1.03 bits per heavy atom. The van der Waals surface area contributed by atoms with E-state index in [1.807, 2.05) is 0 Å². The fourth-order valence-electron chi connectivity index (χ4n) is 4.32. The van der Waals surface area contributed by atoms with E-state index in [9.17, 15) is 14.0 Å². The van der Waals surface area contributed by atoms with Gasteiger partial charge in [0.15, 0.2) is 0 Å². The van der Waals surface area contributed by atoms with Crippen molar-refractivity contribution in [1.82, 2.24) is 10.6 Å². The van der Waals surface area contributed by atoms with E-state index in [4.69, 9.17) is 4.74 Å². The monoisotopic (exact) mass is 404 g/mol. The number of nitrogens with one attached hydrogen (secondary N) is 3. The zero-order valence-corrected chi connectivity index (χ0v) is 16.6. The van der Waals surface area contributed by atoms with Crippen LogP contribution in [-0.4, -0.2) is 56.2 Å². The van der Waals surface area contributed by atoms with Crippen molar-refractivity contribution in [2.24, 2.45) is 0 Å². The first-order chi connectivity index (χ1) is 14.1. The van der Waals surface area contributed by atoms with E-state index in [0.717, 1.165) is 51.9 Å². The van der Waals surface area contributed by atoms with Gasteiger partial charge in [-0.15, -0.1) is 0 Å². The summed E-state index contributed by atoms with van der Waals surface area (Å²) in [7, 11) is 0. The molecule has 0 radical (unpaired) electrons. The minimum atomic E-state index is -0.513. The number of rotatable bonds is 5. The van der Waals surface area contributed by atoms with E-state index in [1.165, 1.54) is 6.07 Å². The predicted octanol–water partition coefficient (Wildman–Crippen LogP) is 1.78. The molecular weight excluding hydrogens is 375 g/mol. The Balaban J connectivity index is 1.30. The Kier molecular flexibility index (Phi) is 6.30. The number of carbonyl (C=O) groups is 2. The highest BCUT2D eigenvalue weighted by molar-refractivity contribution is 6.01. The zero-order valence-electron chi connectivity index (χ0n) is 16.6.